The first-order chi connectivity index (χ1) is 13.6. The number of hydrogen-bond acceptors (Lipinski definition) is 0. The Morgan fingerprint density at radius 1 is 0.571 bits per heavy atom. The fourth-order valence-corrected chi connectivity index (χ4v) is 2.90. The van der Waals surface area contributed by atoms with Gasteiger partial charge in [-0.1, -0.05) is 72.8 Å². The molecule has 134 valence electrons. The third kappa shape index (κ3) is 4.50. The topological polar surface area (TPSA) is 0 Å². The van der Waals surface area contributed by atoms with E-state index in [1.807, 2.05) is 54.6 Å². The van der Waals surface area contributed by atoms with E-state index in [0.29, 0.717) is 0 Å². The maximum atomic E-state index is 3.93. The zero-order valence-electron chi connectivity index (χ0n) is 16.3. The summed E-state index contributed by atoms with van der Waals surface area (Å²) in [6.45, 7) is 12.0. The van der Waals surface area contributed by atoms with Crippen molar-refractivity contribution in [1.29, 1.82) is 0 Å². The SMILES string of the molecule is C=Cc1c(C)ccc(C#Cc2ccc(C#Cc3ccc(C)cc3)cc2)c1C=C. The van der Waals surface area contributed by atoms with Crippen LogP contribution in [0.15, 0.2) is 73.8 Å². The van der Waals surface area contributed by atoms with Gasteiger partial charge in [-0.3, -0.25) is 0 Å². The summed E-state index contributed by atoms with van der Waals surface area (Å²) < 4.78 is 0. The fourth-order valence-electron chi connectivity index (χ4n) is 2.90. The Kier molecular flexibility index (Phi) is 5.96. The van der Waals surface area contributed by atoms with Crippen LogP contribution in [0.3, 0.4) is 0 Å². The molecule has 0 fully saturated rings. The first-order valence-corrected chi connectivity index (χ1v) is 9.20. The molecule has 0 saturated carbocycles. The third-order valence-corrected chi connectivity index (χ3v) is 4.54. The summed E-state index contributed by atoms with van der Waals surface area (Å²) >= 11 is 0. The Morgan fingerprint density at radius 2 is 1.04 bits per heavy atom. The molecule has 0 saturated heterocycles. The van der Waals surface area contributed by atoms with E-state index in [4.69, 9.17) is 0 Å². The summed E-state index contributed by atoms with van der Waals surface area (Å²) in [6.07, 6.45) is 3.71. The molecule has 0 aliphatic carbocycles. The van der Waals surface area contributed by atoms with Crippen molar-refractivity contribution >= 4 is 12.2 Å². The van der Waals surface area contributed by atoms with Gasteiger partial charge in [-0.25, -0.2) is 0 Å². The highest BCUT2D eigenvalue weighted by Gasteiger charge is 2.04. The smallest absolute Gasteiger partial charge is 0.0327 e. The Balaban J connectivity index is 1.82. The van der Waals surface area contributed by atoms with Crippen LogP contribution >= 0.6 is 0 Å². The number of rotatable bonds is 2. The van der Waals surface area contributed by atoms with Gasteiger partial charge in [-0.15, -0.1) is 0 Å². The lowest BCUT2D eigenvalue weighted by Crippen LogP contribution is -1.91. The van der Waals surface area contributed by atoms with Crippen LogP contribution in [0.4, 0.5) is 0 Å². The van der Waals surface area contributed by atoms with Crippen LogP contribution in [0.1, 0.15) is 44.5 Å². The van der Waals surface area contributed by atoms with Crippen molar-refractivity contribution in [2.75, 3.05) is 0 Å². The molecule has 28 heavy (non-hydrogen) atoms. The highest BCUT2D eigenvalue weighted by atomic mass is 14.1. The van der Waals surface area contributed by atoms with Crippen molar-refractivity contribution in [2.24, 2.45) is 0 Å². The van der Waals surface area contributed by atoms with Crippen LogP contribution in [0.2, 0.25) is 0 Å². The zero-order chi connectivity index (χ0) is 19.9. The first kappa shape index (κ1) is 19.0. The van der Waals surface area contributed by atoms with Crippen molar-refractivity contribution in [1.82, 2.24) is 0 Å². The predicted octanol–water partition coefficient (Wildman–Crippen LogP) is 6.39. The van der Waals surface area contributed by atoms with Crippen molar-refractivity contribution in [3.8, 4) is 23.7 Å². The molecule has 0 spiro atoms. The minimum Gasteiger partial charge on any atom is -0.0984 e. The molecule has 0 aromatic heterocycles. The van der Waals surface area contributed by atoms with Crippen molar-refractivity contribution in [3.63, 3.8) is 0 Å². The van der Waals surface area contributed by atoms with Crippen molar-refractivity contribution in [3.05, 3.63) is 118 Å². The third-order valence-electron chi connectivity index (χ3n) is 4.54. The predicted molar refractivity (Wildman–Crippen MR) is 121 cm³/mol. The second-order valence-corrected chi connectivity index (χ2v) is 6.61. The van der Waals surface area contributed by atoms with Gasteiger partial charge >= 0.3 is 0 Å². The van der Waals surface area contributed by atoms with Crippen LogP contribution < -0.4 is 0 Å². The number of aryl methyl sites for hydroxylation is 2. The molecule has 3 aromatic rings. The minimum absolute atomic E-state index is 0.955. The van der Waals surface area contributed by atoms with Gasteiger partial charge in [-0.2, -0.15) is 0 Å². The van der Waals surface area contributed by atoms with E-state index >= 15 is 0 Å². The molecule has 0 amide bonds. The molecule has 0 aliphatic rings. The van der Waals surface area contributed by atoms with Crippen molar-refractivity contribution in [2.45, 2.75) is 13.8 Å². The van der Waals surface area contributed by atoms with Crippen molar-refractivity contribution < 1.29 is 0 Å². The molecule has 0 atom stereocenters. The Labute approximate surface area is 168 Å². The molecule has 0 unspecified atom stereocenters. The van der Waals surface area contributed by atoms with Gasteiger partial charge in [0.25, 0.3) is 0 Å². The summed E-state index contributed by atoms with van der Waals surface area (Å²) in [5.74, 6) is 12.9. The van der Waals surface area contributed by atoms with Crippen LogP contribution in [0, 0.1) is 37.5 Å². The standard InChI is InChI=1S/C28H22/c1-5-27-22(4)9-19-26(28(27)6-2)20-18-25-16-14-24(15-17-25)13-12-23-10-7-21(3)8-11-23/h5-11,14-17,19H,1-2H2,3-4H3. The van der Waals surface area contributed by atoms with Gasteiger partial charge in [0, 0.05) is 22.3 Å². The van der Waals surface area contributed by atoms with Gasteiger partial charge < -0.3 is 0 Å². The van der Waals surface area contributed by atoms with Crippen LogP contribution in [-0.2, 0) is 0 Å². The molecular weight excluding hydrogens is 336 g/mol. The molecule has 0 nitrogen and oxygen atoms in total. The largest absolute Gasteiger partial charge is 0.0984 e. The number of benzene rings is 3. The monoisotopic (exact) mass is 358 g/mol. The molecule has 0 radical (unpaired) electrons. The molecule has 3 rings (SSSR count). The lowest BCUT2D eigenvalue weighted by molar-refractivity contribution is 1.41. The van der Waals surface area contributed by atoms with E-state index in [-0.39, 0.29) is 0 Å². The average molecular weight is 358 g/mol. The second-order valence-electron chi connectivity index (χ2n) is 6.61. The van der Waals surface area contributed by atoms with E-state index in [1.165, 1.54) is 11.1 Å². The van der Waals surface area contributed by atoms with Crippen LogP contribution in [-0.4, -0.2) is 0 Å². The molecule has 0 heterocycles. The maximum Gasteiger partial charge on any atom is 0.0327 e. The Morgan fingerprint density at radius 3 is 1.54 bits per heavy atom. The van der Waals surface area contributed by atoms with Gasteiger partial charge in [0.2, 0.25) is 0 Å². The highest BCUT2D eigenvalue weighted by molar-refractivity contribution is 5.72. The molecule has 0 heteroatoms. The van der Waals surface area contributed by atoms with Crippen LogP contribution in [0.25, 0.3) is 12.2 Å². The normalized spacial score (nSPS) is 9.50. The quantitative estimate of drug-likeness (QED) is 0.466. The van der Waals surface area contributed by atoms with Crippen LogP contribution in [0.5, 0.6) is 0 Å². The molecule has 0 aliphatic heterocycles. The summed E-state index contributed by atoms with van der Waals surface area (Å²) in [5.41, 5.74) is 8.43. The van der Waals surface area contributed by atoms with Gasteiger partial charge in [0.1, 0.15) is 0 Å². The summed E-state index contributed by atoms with van der Waals surface area (Å²) in [6, 6.07) is 20.3. The van der Waals surface area contributed by atoms with E-state index < -0.39 is 0 Å². The summed E-state index contributed by atoms with van der Waals surface area (Å²) in [7, 11) is 0. The maximum absolute atomic E-state index is 3.93. The number of hydrogen-bond donors (Lipinski definition) is 0. The Hall–Kier alpha value is -3.74. The van der Waals surface area contributed by atoms with E-state index in [9.17, 15) is 0 Å². The minimum atomic E-state index is 0.955. The average Bonchev–Trinajstić information content (AvgIpc) is 2.73. The molecule has 0 N–H and O–H groups in total. The van der Waals surface area contributed by atoms with Gasteiger partial charge in [0.15, 0.2) is 0 Å². The van der Waals surface area contributed by atoms with E-state index in [1.54, 1.807) is 0 Å². The van der Waals surface area contributed by atoms with Gasteiger partial charge in [0.05, 0.1) is 0 Å². The van der Waals surface area contributed by atoms with E-state index in [2.05, 4.69) is 68.9 Å². The van der Waals surface area contributed by atoms with E-state index in [0.717, 1.165) is 33.4 Å². The molecule has 0 bridgehead atoms. The summed E-state index contributed by atoms with van der Waals surface area (Å²) in [4.78, 5) is 0. The molecule has 3 aromatic carbocycles. The second kappa shape index (κ2) is 8.77. The lowest BCUT2D eigenvalue weighted by Gasteiger charge is -2.07. The van der Waals surface area contributed by atoms with Gasteiger partial charge in [-0.05, 0) is 73.0 Å². The zero-order valence-corrected chi connectivity index (χ0v) is 16.3. The lowest BCUT2D eigenvalue weighted by atomic mass is 9.96. The fraction of sp³-hybridized carbons (Fsp3) is 0.0714. The first-order valence-electron chi connectivity index (χ1n) is 9.20. The molecular formula is C28H22. The Bertz CT molecular complexity index is 1130. The summed E-state index contributed by atoms with van der Waals surface area (Å²) in [5, 5.41) is 0. The highest BCUT2D eigenvalue weighted by Crippen LogP contribution is 2.21.